The maximum atomic E-state index is 3.88. The van der Waals surface area contributed by atoms with Crippen LogP contribution < -0.4 is 0 Å². The fraction of sp³-hybridized carbons (Fsp3) is 0.778. The average molecular weight is 376 g/mol. The third-order valence-corrected chi connectivity index (χ3v) is 8.49. The van der Waals surface area contributed by atoms with E-state index in [0.717, 1.165) is 15.8 Å². The van der Waals surface area contributed by atoms with Crippen LogP contribution in [0.5, 0.6) is 0 Å². The van der Waals surface area contributed by atoms with Gasteiger partial charge < -0.3 is 0 Å². The quantitative estimate of drug-likeness (QED) is 0.391. The van der Waals surface area contributed by atoms with Gasteiger partial charge in [-0.05, 0) is 18.3 Å². The maximum absolute atomic E-state index is 3.88. The maximum Gasteiger partial charge on any atom is 0.0374 e. The number of rotatable bonds is 2. The van der Waals surface area contributed by atoms with Crippen LogP contribution in [0, 0.1) is 11.8 Å². The highest BCUT2D eigenvalue weighted by Crippen LogP contribution is 2.56. The predicted molar refractivity (Wildman–Crippen MR) is 67.7 cm³/mol. The zero-order chi connectivity index (χ0) is 8.65. The van der Waals surface area contributed by atoms with E-state index in [0.29, 0.717) is 3.42 Å². The Morgan fingerprint density at radius 3 is 2.45 bits per heavy atom. The van der Waals surface area contributed by atoms with Crippen LogP contribution in [0.15, 0.2) is 12.7 Å². The van der Waals surface area contributed by atoms with Crippen molar-refractivity contribution in [3.63, 3.8) is 0 Å². The van der Waals surface area contributed by atoms with Gasteiger partial charge in [-0.25, -0.2) is 0 Å². The molecule has 0 saturated heterocycles. The van der Waals surface area contributed by atoms with Crippen molar-refractivity contribution in [1.29, 1.82) is 0 Å². The SMILES string of the molecule is C=C[C@@H]1C(C)[C@@](I)(CC)C1I. The summed E-state index contributed by atoms with van der Waals surface area (Å²) in [5.74, 6) is 1.56. The lowest BCUT2D eigenvalue weighted by atomic mass is 9.64. The first-order valence-electron chi connectivity index (χ1n) is 4.03. The van der Waals surface area contributed by atoms with E-state index in [-0.39, 0.29) is 0 Å². The molecule has 1 saturated carbocycles. The molecular formula is C9H14I2. The molecule has 0 heterocycles. The minimum Gasteiger partial charge on any atom is -0.103 e. The van der Waals surface area contributed by atoms with Crippen molar-refractivity contribution in [2.45, 2.75) is 27.6 Å². The molecule has 0 N–H and O–H groups in total. The van der Waals surface area contributed by atoms with Gasteiger partial charge in [-0.2, -0.15) is 0 Å². The van der Waals surface area contributed by atoms with E-state index in [9.17, 15) is 0 Å². The second kappa shape index (κ2) is 3.52. The van der Waals surface area contributed by atoms with Crippen molar-refractivity contribution in [1.82, 2.24) is 0 Å². The first kappa shape index (κ1) is 10.3. The first-order valence-corrected chi connectivity index (χ1v) is 6.36. The van der Waals surface area contributed by atoms with Crippen LogP contribution in [0.2, 0.25) is 0 Å². The number of alkyl halides is 2. The molecule has 0 aromatic rings. The second-order valence-electron chi connectivity index (χ2n) is 3.28. The van der Waals surface area contributed by atoms with Gasteiger partial charge in [-0.3, -0.25) is 0 Å². The van der Waals surface area contributed by atoms with E-state index in [4.69, 9.17) is 0 Å². The van der Waals surface area contributed by atoms with Gasteiger partial charge in [0.25, 0.3) is 0 Å². The lowest BCUT2D eigenvalue weighted by Gasteiger charge is -2.54. The van der Waals surface area contributed by atoms with Gasteiger partial charge in [0.2, 0.25) is 0 Å². The van der Waals surface area contributed by atoms with Crippen molar-refractivity contribution in [2.24, 2.45) is 11.8 Å². The summed E-state index contributed by atoms with van der Waals surface area (Å²) in [5, 5.41) is 0. The number of hydrogen-bond donors (Lipinski definition) is 0. The molecule has 0 aromatic carbocycles. The Balaban J connectivity index is 2.70. The van der Waals surface area contributed by atoms with E-state index < -0.39 is 0 Å². The Morgan fingerprint density at radius 2 is 2.18 bits per heavy atom. The number of hydrogen-bond acceptors (Lipinski definition) is 0. The summed E-state index contributed by atoms with van der Waals surface area (Å²) in [6, 6.07) is 0. The lowest BCUT2D eigenvalue weighted by Crippen LogP contribution is -2.57. The van der Waals surface area contributed by atoms with Crippen molar-refractivity contribution in [3.8, 4) is 0 Å². The normalized spacial score (nSPS) is 50.0. The van der Waals surface area contributed by atoms with Crippen molar-refractivity contribution < 1.29 is 0 Å². The Morgan fingerprint density at radius 1 is 1.64 bits per heavy atom. The van der Waals surface area contributed by atoms with Crippen LogP contribution in [-0.2, 0) is 0 Å². The third-order valence-electron chi connectivity index (χ3n) is 2.94. The van der Waals surface area contributed by atoms with Gasteiger partial charge in [-0.1, -0.05) is 65.1 Å². The summed E-state index contributed by atoms with van der Waals surface area (Å²) in [5.41, 5.74) is 0. The fourth-order valence-corrected chi connectivity index (χ4v) is 4.62. The Labute approximate surface area is 96.5 Å². The van der Waals surface area contributed by atoms with E-state index >= 15 is 0 Å². The molecule has 1 fully saturated rings. The van der Waals surface area contributed by atoms with Gasteiger partial charge in [0, 0.05) is 7.35 Å². The zero-order valence-corrected chi connectivity index (χ0v) is 11.3. The summed E-state index contributed by atoms with van der Waals surface area (Å²) in [7, 11) is 0. The standard InChI is InChI=1S/C9H14I2/c1-4-7-6(3)9(11,5-2)8(7)10/h4,6-8H,1,5H2,2-3H3/t6?,7-,8?,9+/m1/s1. The molecule has 0 aromatic heterocycles. The molecule has 2 unspecified atom stereocenters. The van der Waals surface area contributed by atoms with Crippen molar-refractivity contribution in [3.05, 3.63) is 12.7 Å². The van der Waals surface area contributed by atoms with E-state index in [2.05, 4.69) is 71.7 Å². The Bertz CT molecular complexity index is 155. The Kier molecular flexibility index (Phi) is 3.29. The molecule has 1 aliphatic rings. The average Bonchev–Trinajstić information content (AvgIpc) is 2.04. The smallest absolute Gasteiger partial charge is 0.0374 e. The highest BCUT2D eigenvalue weighted by atomic mass is 127. The fourth-order valence-electron chi connectivity index (χ4n) is 1.87. The number of halogens is 2. The molecule has 0 aliphatic heterocycles. The summed E-state index contributed by atoms with van der Waals surface area (Å²) >= 11 is 5.20. The molecule has 64 valence electrons. The van der Waals surface area contributed by atoms with E-state index in [1.807, 2.05) is 0 Å². The molecule has 2 heteroatoms. The number of allylic oxidation sites excluding steroid dienone is 1. The minimum absolute atomic E-state index is 0.539. The summed E-state index contributed by atoms with van der Waals surface area (Å²) in [4.78, 5) is 0. The van der Waals surface area contributed by atoms with E-state index in [1.165, 1.54) is 6.42 Å². The van der Waals surface area contributed by atoms with Gasteiger partial charge in [0.15, 0.2) is 0 Å². The van der Waals surface area contributed by atoms with Crippen LogP contribution in [-0.4, -0.2) is 7.35 Å². The molecule has 4 atom stereocenters. The molecule has 0 radical (unpaired) electrons. The summed E-state index contributed by atoms with van der Waals surface area (Å²) < 4.78 is 1.33. The van der Waals surface area contributed by atoms with E-state index in [1.54, 1.807) is 0 Å². The summed E-state index contributed by atoms with van der Waals surface area (Å²) in [6.45, 7) is 8.51. The van der Waals surface area contributed by atoms with Crippen LogP contribution in [0.1, 0.15) is 20.3 Å². The highest BCUT2D eigenvalue weighted by molar-refractivity contribution is 14.1. The molecule has 0 nitrogen and oxygen atoms in total. The van der Waals surface area contributed by atoms with Crippen LogP contribution in [0.3, 0.4) is 0 Å². The topological polar surface area (TPSA) is 0 Å². The molecule has 0 amide bonds. The second-order valence-corrected chi connectivity index (χ2v) is 6.63. The molecule has 1 aliphatic carbocycles. The lowest BCUT2D eigenvalue weighted by molar-refractivity contribution is 0.199. The Hall–Kier alpha value is 1.20. The van der Waals surface area contributed by atoms with Gasteiger partial charge in [0.05, 0.1) is 0 Å². The molecule has 0 bridgehead atoms. The minimum atomic E-state index is 0.539. The van der Waals surface area contributed by atoms with Crippen molar-refractivity contribution in [2.75, 3.05) is 0 Å². The monoisotopic (exact) mass is 376 g/mol. The van der Waals surface area contributed by atoms with Crippen LogP contribution >= 0.6 is 45.2 Å². The zero-order valence-electron chi connectivity index (χ0n) is 6.98. The predicted octanol–water partition coefficient (Wildman–Crippen LogP) is 3.83. The third kappa shape index (κ3) is 1.38. The molecular weight excluding hydrogens is 362 g/mol. The first-order chi connectivity index (χ1) is 5.07. The largest absolute Gasteiger partial charge is 0.103 e. The molecule has 0 spiro atoms. The highest BCUT2D eigenvalue weighted by Gasteiger charge is 2.54. The van der Waals surface area contributed by atoms with Crippen molar-refractivity contribution >= 4 is 45.2 Å². The van der Waals surface area contributed by atoms with Crippen LogP contribution in [0.25, 0.3) is 0 Å². The van der Waals surface area contributed by atoms with Gasteiger partial charge in [0.1, 0.15) is 0 Å². The van der Waals surface area contributed by atoms with Gasteiger partial charge >= 0.3 is 0 Å². The van der Waals surface area contributed by atoms with Gasteiger partial charge in [-0.15, -0.1) is 6.58 Å². The summed E-state index contributed by atoms with van der Waals surface area (Å²) in [6.07, 6.45) is 3.40. The molecule has 1 rings (SSSR count). The van der Waals surface area contributed by atoms with Crippen LogP contribution in [0.4, 0.5) is 0 Å². The molecule has 11 heavy (non-hydrogen) atoms.